The van der Waals surface area contributed by atoms with E-state index in [9.17, 15) is 13.2 Å². The summed E-state index contributed by atoms with van der Waals surface area (Å²) in [6, 6.07) is 22.2. The first-order valence-corrected chi connectivity index (χ1v) is 10.9. The summed E-state index contributed by atoms with van der Waals surface area (Å²) < 4.78 is 40.6. The van der Waals surface area contributed by atoms with Crippen LogP contribution in [0.4, 0.5) is 24.7 Å². The highest BCUT2D eigenvalue weighted by molar-refractivity contribution is 5.85. The van der Waals surface area contributed by atoms with Gasteiger partial charge in [0.25, 0.3) is 0 Å². The molecule has 0 spiro atoms. The molecule has 0 fully saturated rings. The fraction of sp³-hybridized carbons (Fsp3) is 0.115. The van der Waals surface area contributed by atoms with Crippen LogP contribution in [0.15, 0.2) is 85.2 Å². The number of hydrogen-bond acceptors (Lipinski definition) is 5. The third kappa shape index (κ3) is 4.93. The van der Waals surface area contributed by atoms with Crippen LogP contribution in [0.1, 0.15) is 16.7 Å². The lowest BCUT2D eigenvalue weighted by atomic mass is 10.1. The number of imidazole rings is 1. The van der Waals surface area contributed by atoms with Gasteiger partial charge in [-0.25, -0.2) is 15.0 Å². The van der Waals surface area contributed by atoms with Crippen molar-refractivity contribution < 1.29 is 13.2 Å². The Hall–Kier alpha value is -4.40. The van der Waals surface area contributed by atoms with E-state index in [1.165, 1.54) is 12.1 Å². The number of rotatable bonds is 6. The number of nitrogens with two attached hydrogens (primary N) is 1. The average Bonchev–Trinajstić information content (AvgIpc) is 3.25. The molecule has 35 heavy (non-hydrogen) atoms. The maximum absolute atomic E-state index is 12.9. The number of halogens is 3. The number of fused-ring (bicyclic) bond motifs is 1. The molecule has 0 aliphatic heterocycles. The maximum Gasteiger partial charge on any atom is 0.416 e. The highest BCUT2D eigenvalue weighted by Crippen LogP contribution is 2.30. The molecule has 0 saturated heterocycles. The second-order valence-corrected chi connectivity index (χ2v) is 8.10. The molecule has 0 amide bonds. The second kappa shape index (κ2) is 9.09. The smallest absolute Gasteiger partial charge is 0.399 e. The zero-order valence-corrected chi connectivity index (χ0v) is 18.5. The van der Waals surface area contributed by atoms with E-state index >= 15 is 0 Å². The van der Waals surface area contributed by atoms with Gasteiger partial charge in [-0.05, 0) is 35.4 Å². The minimum Gasteiger partial charge on any atom is -0.399 e. The SMILES string of the molecule is Nc1cccc(-c2nc(NCc3ccccc3)c3ncn(Cc4ccc(C(F)(F)F)cc4)c3n2)c1. The van der Waals surface area contributed by atoms with Crippen LogP contribution in [0, 0.1) is 0 Å². The van der Waals surface area contributed by atoms with Gasteiger partial charge >= 0.3 is 6.18 Å². The summed E-state index contributed by atoms with van der Waals surface area (Å²) in [5, 5.41) is 3.35. The second-order valence-electron chi connectivity index (χ2n) is 8.10. The molecule has 0 saturated carbocycles. The van der Waals surface area contributed by atoms with Gasteiger partial charge in [-0.15, -0.1) is 0 Å². The van der Waals surface area contributed by atoms with Crippen LogP contribution < -0.4 is 11.1 Å². The van der Waals surface area contributed by atoms with Gasteiger partial charge in [0, 0.05) is 17.8 Å². The molecule has 0 radical (unpaired) electrons. The Morgan fingerprint density at radius 3 is 2.34 bits per heavy atom. The molecular formula is C26H21F3N6. The van der Waals surface area contributed by atoms with Crippen molar-refractivity contribution in [3.8, 4) is 11.4 Å². The first-order valence-electron chi connectivity index (χ1n) is 10.9. The third-order valence-electron chi connectivity index (χ3n) is 5.55. The average molecular weight is 474 g/mol. The van der Waals surface area contributed by atoms with Crippen molar-refractivity contribution in [1.29, 1.82) is 0 Å². The van der Waals surface area contributed by atoms with Gasteiger partial charge in [0.1, 0.15) is 5.52 Å². The number of nitrogen functional groups attached to an aromatic ring is 1. The van der Waals surface area contributed by atoms with Gasteiger partial charge in [0.2, 0.25) is 0 Å². The van der Waals surface area contributed by atoms with Gasteiger partial charge in [0.15, 0.2) is 17.3 Å². The molecule has 0 unspecified atom stereocenters. The molecule has 176 valence electrons. The molecule has 3 N–H and O–H groups in total. The Balaban J connectivity index is 1.53. The lowest BCUT2D eigenvalue weighted by Crippen LogP contribution is -2.07. The highest BCUT2D eigenvalue weighted by atomic mass is 19.4. The molecule has 3 aromatic carbocycles. The largest absolute Gasteiger partial charge is 0.416 e. The summed E-state index contributed by atoms with van der Waals surface area (Å²) >= 11 is 0. The summed E-state index contributed by atoms with van der Waals surface area (Å²) in [4.78, 5) is 13.9. The number of anilines is 2. The number of alkyl halides is 3. The van der Waals surface area contributed by atoms with Crippen molar-refractivity contribution in [1.82, 2.24) is 19.5 Å². The summed E-state index contributed by atoms with van der Waals surface area (Å²) in [6.45, 7) is 0.842. The summed E-state index contributed by atoms with van der Waals surface area (Å²) in [6.07, 6.45) is -2.76. The number of hydrogen-bond donors (Lipinski definition) is 2. The van der Waals surface area contributed by atoms with Crippen LogP contribution in [-0.2, 0) is 19.3 Å². The van der Waals surface area contributed by atoms with Gasteiger partial charge in [-0.1, -0.05) is 54.6 Å². The number of benzene rings is 3. The predicted molar refractivity (Wildman–Crippen MR) is 129 cm³/mol. The van der Waals surface area contributed by atoms with Gasteiger partial charge in [0.05, 0.1) is 18.4 Å². The number of aromatic nitrogens is 4. The Morgan fingerprint density at radius 2 is 1.63 bits per heavy atom. The molecule has 5 rings (SSSR count). The number of nitrogens with zero attached hydrogens (tertiary/aromatic N) is 4. The van der Waals surface area contributed by atoms with Crippen LogP contribution in [-0.4, -0.2) is 19.5 Å². The molecule has 0 bridgehead atoms. The standard InChI is InChI=1S/C26H21F3N6/c27-26(28,29)20-11-9-18(10-12-20)15-35-16-32-22-24(31-14-17-5-2-1-3-6-17)33-23(34-25(22)35)19-7-4-8-21(30)13-19/h1-13,16H,14-15,30H2,(H,31,33,34). The fourth-order valence-corrected chi connectivity index (χ4v) is 3.77. The summed E-state index contributed by atoms with van der Waals surface area (Å²) in [7, 11) is 0. The van der Waals surface area contributed by atoms with E-state index in [2.05, 4.69) is 10.3 Å². The maximum atomic E-state index is 12.9. The summed E-state index contributed by atoms with van der Waals surface area (Å²) in [5.41, 5.74) is 9.52. The monoisotopic (exact) mass is 474 g/mol. The first kappa shape index (κ1) is 22.4. The quantitative estimate of drug-likeness (QED) is 0.306. The Bertz CT molecular complexity index is 1460. The Labute approximate surface area is 199 Å². The molecular weight excluding hydrogens is 453 g/mol. The molecule has 0 atom stereocenters. The van der Waals surface area contributed by atoms with E-state index < -0.39 is 11.7 Å². The third-order valence-corrected chi connectivity index (χ3v) is 5.55. The van der Waals surface area contributed by atoms with Crippen LogP contribution in [0.5, 0.6) is 0 Å². The van der Waals surface area contributed by atoms with E-state index in [0.717, 1.165) is 23.3 Å². The summed E-state index contributed by atoms with van der Waals surface area (Å²) in [5.74, 6) is 1.02. The van der Waals surface area contributed by atoms with E-state index in [1.54, 1.807) is 23.0 Å². The number of nitrogens with one attached hydrogen (secondary N) is 1. The van der Waals surface area contributed by atoms with E-state index in [-0.39, 0.29) is 0 Å². The molecule has 9 heteroatoms. The molecule has 5 aromatic rings. The molecule has 0 aliphatic rings. The molecule has 0 aliphatic carbocycles. The molecule has 2 aromatic heterocycles. The van der Waals surface area contributed by atoms with Gasteiger partial charge in [-0.3, -0.25) is 0 Å². The first-order chi connectivity index (χ1) is 16.9. The Kier molecular flexibility index (Phi) is 5.82. The van der Waals surface area contributed by atoms with E-state index in [4.69, 9.17) is 15.7 Å². The van der Waals surface area contributed by atoms with Crippen LogP contribution >= 0.6 is 0 Å². The normalized spacial score (nSPS) is 11.6. The van der Waals surface area contributed by atoms with Crippen molar-refractivity contribution in [3.05, 3.63) is 102 Å². The zero-order chi connectivity index (χ0) is 24.4. The van der Waals surface area contributed by atoms with Gasteiger partial charge in [-0.2, -0.15) is 13.2 Å². The topological polar surface area (TPSA) is 81.6 Å². The van der Waals surface area contributed by atoms with Crippen molar-refractivity contribution in [2.24, 2.45) is 0 Å². The Morgan fingerprint density at radius 1 is 0.857 bits per heavy atom. The van der Waals surface area contributed by atoms with E-state index in [0.29, 0.717) is 47.1 Å². The predicted octanol–water partition coefficient (Wildman–Crippen LogP) is 5.75. The van der Waals surface area contributed by atoms with Crippen LogP contribution in [0.2, 0.25) is 0 Å². The highest BCUT2D eigenvalue weighted by Gasteiger charge is 2.30. The minimum atomic E-state index is -4.38. The van der Waals surface area contributed by atoms with Crippen molar-refractivity contribution in [3.63, 3.8) is 0 Å². The van der Waals surface area contributed by atoms with Crippen molar-refractivity contribution in [2.45, 2.75) is 19.3 Å². The van der Waals surface area contributed by atoms with Crippen molar-refractivity contribution in [2.75, 3.05) is 11.1 Å². The van der Waals surface area contributed by atoms with Gasteiger partial charge < -0.3 is 15.6 Å². The lowest BCUT2D eigenvalue weighted by Gasteiger charge is -2.11. The minimum absolute atomic E-state index is 0.306. The molecule has 2 heterocycles. The zero-order valence-electron chi connectivity index (χ0n) is 18.5. The fourth-order valence-electron chi connectivity index (χ4n) is 3.77. The van der Waals surface area contributed by atoms with E-state index in [1.807, 2.05) is 42.5 Å². The lowest BCUT2D eigenvalue weighted by molar-refractivity contribution is -0.137. The van der Waals surface area contributed by atoms with Crippen LogP contribution in [0.25, 0.3) is 22.6 Å². The van der Waals surface area contributed by atoms with Crippen molar-refractivity contribution >= 4 is 22.7 Å². The van der Waals surface area contributed by atoms with Crippen LogP contribution in [0.3, 0.4) is 0 Å². The molecule has 6 nitrogen and oxygen atoms in total.